The van der Waals surface area contributed by atoms with Crippen molar-refractivity contribution in [1.82, 2.24) is 21.3 Å². The zero-order chi connectivity index (χ0) is 12.6. The molecule has 4 N–H and O–H groups in total. The number of hydrogen-bond donors (Lipinski definition) is 4. The van der Waals surface area contributed by atoms with Crippen LogP contribution in [0.3, 0.4) is 0 Å². The Morgan fingerprint density at radius 3 is 1.53 bits per heavy atom. The molecule has 0 aliphatic heterocycles. The Bertz CT molecular complexity index is 117. The van der Waals surface area contributed by atoms with Crippen molar-refractivity contribution in [3.8, 4) is 0 Å². The topological polar surface area (TPSA) is 48.1 Å². The first-order valence-electron chi connectivity index (χ1n) is 7.18. The second-order valence-corrected chi connectivity index (χ2v) is 4.37. The van der Waals surface area contributed by atoms with E-state index in [4.69, 9.17) is 0 Å². The number of unbranched alkanes of at least 4 members (excludes halogenated alkanes) is 2. The van der Waals surface area contributed by atoms with Crippen LogP contribution in [0.1, 0.15) is 32.6 Å². The smallest absolute Gasteiger partial charge is 0.00767 e. The van der Waals surface area contributed by atoms with Crippen molar-refractivity contribution in [3.63, 3.8) is 0 Å². The van der Waals surface area contributed by atoms with Crippen LogP contribution in [0.25, 0.3) is 0 Å². The van der Waals surface area contributed by atoms with Crippen LogP contribution in [0, 0.1) is 0 Å². The standard InChI is InChI=1S/C13H32N4/c1-3-15-9-6-7-11-17-13-12-16-10-5-4-8-14-2/h14-17H,3-13H2,1-2H3. The second kappa shape index (κ2) is 15.8. The van der Waals surface area contributed by atoms with Crippen molar-refractivity contribution >= 4 is 0 Å². The van der Waals surface area contributed by atoms with E-state index in [2.05, 4.69) is 28.2 Å². The van der Waals surface area contributed by atoms with E-state index in [1.165, 1.54) is 25.7 Å². The Kier molecular flexibility index (Phi) is 15.7. The molecule has 0 fully saturated rings. The summed E-state index contributed by atoms with van der Waals surface area (Å²) in [5, 5.41) is 13.4. The van der Waals surface area contributed by atoms with Crippen LogP contribution in [0.2, 0.25) is 0 Å². The summed E-state index contributed by atoms with van der Waals surface area (Å²) in [4.78, 5) is 0. The lowest BCUT2D eigenvalue weighted by atomic mass is 10.3. The number of rotatable bonds is 14. The van der Waals surface area contributed by atoms with Gasteiger partial charge in [0.2, 0.25) is 0 Å². The molecule has 0 amide bonds. The van der Waals surface area contributed by atoms with Crippen molar-refractivity contribution in [2.45, 2.75) is 32.6 Å². The molecule has 0 radical (unpaired) electrons. The third-order valence-corrected chi connectivity index (χ3v) is 2.72. The van der Waals surface area contributed by atoms with Gasteiger partial charge in [0, 0.05) is 13.1 Å². The number of hydrogen-bond acceptors (Lipinski definition) is 4. The number of nitrogens with one attached hydrogen (secondary N) is 4. The quantitative estimate of drug-likeness (QED) is 0.337. The molecule has 4 nitrogen and oxygen atoms in total. The van der Waals surface area contributed by atoms with E-state index < -0.39 is 0 Å². The van der Waals surface area contributed by atoms with Gasteiger partial charge in [0.05, 0.1) is 0 Å². The van der Waals surface area contributed by atoms with E-state index in [-0.39, 0.29) is 0 Å². The van der Waals surface area contributed by atoms with Crippen molar-refractivity contribution in [2.24, 2.45) is 0 Å². The SMILES string of the molecule is CCNCCCCNCCNCCCCNC. The lowest BCUT2D eigenvalue weighted by molar-refractivity contribution is 0.556. The van der Waals surface area contributed by atoms with Crippen molar-refractivity contribution in [3.05, 3.63) is 0 Å². The average Bonchev–Trinajstić information content (AvgIpc) is 2.35. The average molecular weight is 244 g/mol. The van der Waals surface area contributed by atoms with E-state index in [1.54, 1.807) is 0 Å². The lowest BCUT2D eigenvalue weighted by Gasteiger charge is -2.06. The molecule has 0 unspecified atom stereocenters. The van der Waals surface area contributed by atoms with Gasteiger partial charge in [0.25, 0.3) is 0 Å². The molecule has 0 aromatic heterocycles. The molecule has 104 valence electrons. The van der Waals surface area contributed by atoms with Crippen LogP contribution in [-0.4, -0.2) is 52.9 Å². The van der Waals surface area contributed by atoms with Gasteiger partial charge in [0.1, 0.15) is 0 Å². The summed E-state index contributed by atoms with van der Waals surface area (Å²) < 4.78 is 0. The fraction of sp³-hybridized carbons (Fsp3) is 1.00. The van der Waals surface area contributed by atoms with E-state index in [9.17, 15) is 0 Å². The summed E-state index contributed by atoms with van der Waals surface area (Å²) in [5.41, 5.74) is 0. The van der Waals surface area contributed by atoms with Gasteiger partial charge in [-0.2, -0.15) is 0 Å². The molecule has 0 spiro atoms. The van der Waals surface area contributed by atoms with Gasteiger partial charge >= 0.3 is 0 Å². The summed E-state index contributed by atoms with van der Waals surface area (Å²) >= 11 is 0. The minimum Gasteiger partial charge on any atom is -0.320 e. The summed E-state index contributed by atoms with van der Waals surface area (Å²) in [5.74, 6) is 0. The van der Waals surface area contributed by atoms with Gasteiger partial charge < -0.3 is 21.3 Å². The predicted molar refractivity (Wildman–Crippen MR) is 76.7 cm³/mol. The Morgan fingerprint density at radius 1 is 0.588 bits per heavy atom. The van der Waals surface area contributed by atoms with Gasteiger partial charge in [-0.1, -0.05) is 6.92 Å². The Balaban J connectivity index is 2.85. The minimum atomic E-state index is 1.09. The summed E-state index contributed by atoms with van der Waals surface area (Å²) in [6.45, 7) is 10.00. The molecule has 0 aromatic carbocycles. The summed E-state index contributed by atoms with van der Waals surface area (Å²) in [6.07, 6.45) is 5.08. The maximum Gasteiger partial charge on any atom is 0.00767 e. The first-order valence-corrected chi connectivity index (χ1v) is 7.18. The molecular formula is C13H32N4. The van der Waals surface area contributed by atoms with E-state index in [0.29, 0.717) is 0 Å². The van der Waals surface area contributed by atoms with Gasteiger partial charge in [-0.05, 0) is 65.5 Å². The molecule has 17 heavy (non-hydrogen) atoms. The van der Waals surface area contributed by atoms with Crippen LogP contribution in [0.4, 0.5) is 0 Å². The van der Waals surface area contributed by atoms with Gasteiger partial charge in [-0.25, -0.2) is 0 Å². The van der Waals surface area contributed by atoms with Crippen LogP contribution >= 0.6 is 0 Å². The maximum absolute atomic E-state index is 3.46. The zero-order valence-electron chi connectivity index (χ0n) is 11.8. The van der Waals surface area contributed by atoms with E-state index in [1.807, 2.05) is 7.05 Å². The van der Waals surface area contributed by atoms with Gasteiger partial charge in [0.15, 0.2) is 0 Å². The Hall–Kier alpha value is -0.160. The van der Waals surface area contributed by atoms with Gasteiger partial charge in [-0.3, -0.25) is 0 Å². The lowest BCUT2D eigenvalue weighted by Crippen LogP contribution is -2.29. The first-order chi connectivity index (χ1) is 8.41. The summed E-state index contributed by atoms with van der Waals surface area (Å²) in [6, 6.07) is 0. The maximum atomic E-state index is 3.46. The molecule has 0 heterocycles. The van der Waals surface area contributed by atoms with Crippen LogP contribution in [-0.2, 0) is 0 Å². The second-order valence-electron chi connectivity index (χ2n) is 4.37. The molecular weight excluding hydrogens is 212 g/mol. The fourth-order valence-corrected chi connectivity index (χ4v) is 1.66. The van der Waals surface area contributed by atoms with Crippen molar-refractivity contribution in [2.75, 3.05) is 52.9 Å². The summed E-state index contributed by atoms with van der Waals surface area (Å²) in [7, 11) is 2.01. The Morgan fingerprint density at radius 2 is 1.06 bits per heavy atom. The third-order valence-electron chi connectivity index (χ3n) is 2.72. The molecule has 0 aliphatic rings. The molecule has 0 bridgehead atoms. The molecule has 0 saturated carbocycles. The zero-order valence-corrected chi connectivity index (χ0v) is 11.8. The van der Waals surface area contributed by atoms with Crippen molar-refractivity contribution < 1.29 is 0 Å². The highest BCUT2D eigenvalue weighted by molar-refractivity contribution is 4.54. The van der Waals surface area contributed by atoms with E-state index >= 15 is 0 Å². The van der Waals surface area contributed by atoms with Crippen LogP contribution in [0.15, 0.2) is 0 Å². The molecule has 4 heteroatoms. The first kappa shape index (κ1) is 16.8. The molecule has 0 atom stereocenters. The molecule has 0 saturated heterocycles. The Labute approximate surface area is 107 Å². The van der Waals surface area contributed by atoms with Gasteiger partial charge in [-0.15, -0.1) is 0 Å². The normalized spacial score (nSPS) is 10.9. The third kappa shape index (κ3) is 15.8. The molecule has 0 aliphatic carbocycles. The van der Waals surface area contributed by atoms with Crippen LogP contribution in [0.5, 0.6) is 0 Å². The van der Waals surface area contributed by atoms with Crippen LogP contribution < -0.4 is 21.3 Å². The predicted octanol–water partition coefficient (Wildman–Crippen LogP) is 0.555. The van der Waals surface area contributed by atoms with Crippen molar-refractivity contribution in [1.29, 1.82) is 0 Å². The largest absolute Gasteiger partial charge is 0.320 e. The molecule has 0 rings (SSSR count). The highest BCUT2D eigenvalue weighted by atomic mass is 14.9. The molecule has 0 aromatic rings. The monoisotopic (exact) mass is 244 g/mol. The minimum absolute atomic E-state index is 1.09. The highest BCUT2D eigenvalue weighted by Gasteiger charge is 1.90. The fourth-order valence-electron chi connectivity index (χ4n) is 1.66. The highest BCUT2D eigenvalue weighted by Crippen LogP contribution is 1.84. The van der Waals surface area contributed by atoms with E-state index in [0.717, 1.165) is 45.8 Å².